The van der Waals surface area contributed by atoms with Crippen LogP contribution in [0.15, 0.2) is 47.4 Å². The molecule has 0 saturated carbocycles. The molecule has 29 heavy (non-hydrogen) atoms. The summed E-state index contributed by atoms with van der Waals surface area (Å²) in [4.78, 5) is 29.1. The Hall–Kier alpha value is -3.35. The van der Waals surface area contributed by atoms with Crippen LogP contribution in [0.1, 0.15) is 41.4 Å². The van der Waals surface area contributed by atoms with Crippen LogP contribution in [0.25, 0.3) is 5.65 Å². The van der Waals surface area contributed by atoms with Gasteiger partial charge >= 0.3 is 5.97 Å². The van der Waals surface area contributed by atoms with Crippen molar-refractivity contribution in [2.75, 3.05) is 13.7 Å². The Labute approximate surface area is 168 Å². The minimum Gasteiger partial charge on any atom is -0.493 e. The Bertz CT molecular complexity index is 1070. The summed E-state index contributed by atoms with van der Waals surface area (Å²) in [6, 6.07) is 9.91. The first kappa shape index (κ1) is 20.4. The molecule has 3 aromatic rings. The van der Waals surface area contributed by atoms with E-state index in [1.54, 1.807) is 30.5 Å². The number of hydrogen-bond acceptors (Lipinski definition) is 6. The van der Waals surface area contributed by atoms with Gasteiger partial charge < -0.3 is 14.2 Å². The fourth-order valence-electron chi connectivity index (χ4n) is 2.85. The molecule has 2 aromatic heterocycles. The summed E-state index contributed by atoms with van der Waals surface area (Å²) in [5.74, 6) is 0.514. The van der Waals surface area contributed by atoms with Crippen LogP contribution in [0.5, 0.6) is 11.5 Å². The van der Waals surface area contributed by atoms with E-state index < -0.39 is 5.97 Å². The number of hydrogen-bond donors (Lipinski definition) is 0. The van der Waals surface area contributed by atoms with E-state index in [4.69, 9.17) is 14.2 Å². The third-order valence-electron chi connectivity index (χ3n) is 4.45. The molecule has 3 rings (SSSR count). The molecule has 7 nitrogen and oxygen atoms in total. The number of ether oxygens (including phenoxy) is 3. The molecule has 0 saturated heterocycles. The molecule has 0 atom stereocenters. The van der Waals surface area contributed by atoms with Crippen molar-refractivity contribution in [3.8, 4) is 11.5 Å². The monoisotopic (exact) mass is 396 g/mol. The molecule has 2 heterocycles. The van der Waals surface area contributed by atoms with Crippen molar-refractivity contribution in [2.24, 2.45) is 0 Å². The number of aromatic nitrogens is 2. The quantitative estimate of drug-likeness (QED) is 0.428. The van der Waals surface area contributed by atoms with E-state index in [2.05, 4.69) is 11.9 Å². The molecule has 7 heteroatoms. The maximum absolute atomic E-state index is 12.4. The number of esters is 1. The van der Waals surface area contributed by atoms with Gasteiger partial charge in [-0.3, -0.25) is 9.20 Å². The third kappa shape index (κ3) is 4.74. The van der Waals surface area contributed by atoms with Gasteiger partial charge in [0.05, 0.1) is 25.0 Å². The molecule has 0 N–H and O–H groups in total. The number of carbonyl (C=O) groups is 1. The minimum atomic E-state index is -0.532. The van der Waals surface area contributed by atoms with E-state index >= 15 is 0 Å². The molecule has 0 aliphatic heterocycles. The fourth-order valence-corrected chi connectivity index (χ4v) is 2.85. The average Bonchev–Trinajstić information content (AvgIpc) is 2.73. The highest BCUT2D eigenvalue weighted by molar-refractivity contribution is 5.90. The second-order valence-electron chi connectivity index (χ2n) is 6.61. The van der Waals surface area contributed by atoms with Gasteiger partial charge in [0, 0.05) is 12.3 Å². The summed E-state index contributed by atoms with van der Waals surface area (Å²) in [7, 11) is 1.52. The van der Waals surface area contributed by atoms with Crippen LogP contribution in [0.2, 0.25) is 0 Å². The first-order chi connectivity index (χ1) is 14.0. The van der Waals surface area contributed by atoms with Gasteiger partial charge in [-0.05, 0) is 43.2 Å². The van der Waals surface area contributed by atoms with Crippen molar-refractivity contribution in [1.29, 1.82) is 0 Å². The lowest BCUT2D eigenvalue weighted by atomic mass is 10.2. The van der Waals surface area contributed by atoms with Gasteiger partial charge in [-0.15, -0.1) is 0 Å². The minimum absolute atomic E-state index is 0.101. The zero-order valence-corrected chi connectivity index (χ0v) is 16.8. The van der Waals surface area contributed by atoms with Gasteiger partial charge in [0.15, 0.2) is 11.5 Å². The molecule has 0 radical (unpaired) electrons. The highest BCUT2D eigenvalue weighted by Gasteiger charge is 2.14. The van der Waals surface area contributed by atoms with Crippen molar-refractivity contribution in [2.45, 2.75) is 33.3 Å². The number of aryl methyl sites for hydroxylation is 1. The van der Waals surface area contributed by atoms with Crippen LogP contribution in [0, 0.1) is 6.92 Å². The van der Waals surface area contributed by atoms with Gasteiger partial charge in [0.1, 0.15) is 12.3 Å². The van der Waals surface area contributed by atoms with E-state index in [0.717, 1.165) is 18.4 Å². The van der Waals surface area contributed by atoms with E-state index in [1.807, 2.05) is 13.0 Å². The number of carbonyl (C=O) groups excluding carboxylic acids is 1. The fraction of sp³-hybridized carbons (Fsp3) is 0.318. The first-order valence-electron chi connectivity index (χ1n) is 9.49. The van der Waals surface area contributed by atoms with Crippen molar-refractivity contribution >= 4 is 11.6 Å². The van der Waals surface area contributed by atoms with E-state index in [0.29, 0.717) is 35.0 Å². The standard InChI is InChI=1S/C22H24N2O5/c1-4-5-11-28-18-9-8-16(12-19(18)27-3)22(26)29-14-17-13-20(25)24-10-6-7-15(2)21(24)23-17/h6-10,12-13H,4-5,11,14H2,1-3H3. The molecule has 0 fully saturated rings. The second-order valence-corrected chi connectivity index (χ2v) is 6.61. The number of pyridine rings is 1. The Kier molecular flexibility index (Phi) is 6.49. The molecule has 0 spiro atoms. The highest BCUT2D eigenvalue weighted by Crippen LogP contribution is 2.28. The van der Waals surface area contributed by atoms with E-state index in [-0.39, 0.29) is 12.2 Å². The Balaban J connectivity index is 1.73. The van der Waals surface area contributed by atoms with Crippen molar-refractivity contribution in [3.63, 3.8) is 0 Å². The van der Waals surface area contributed by atoms with Crippen LogP contribution in [-0.4, -0.2) is 29.1 Å². The van der Waals surface area contributed by atoms with Gasteiger partial charge in [0.25, 0.3) is 5.56 Å². The predicted octanol–water partition coefficient (Wildman–Crippen LogP) is 3.55. The smallest absolute Gasteiger partial charge is 0.338 e. The molecule has 0 aliphatic carbocycles. The summed E-state index contributed by atoms with van der Waals surface area (Å²) in [5.41, 5.74) is 1.91. The molecule has 0 unspecified atom stereocenters. The molecule has 1 aromatic carbocycles. The summed E-state index contributed by atoms with van der Waals surface area (Å²) >= 11 is 0. The lowest BCUT2D eigenvalue weighted by molar-refractivity contribution is 0.0467. The van der Waals surface area contributed by atoms with Gasteiger partial charge in [-0.1, -0.05) is 19.4 Å². The van der Waals surface area contributed by atoms with Crippen LogP contribution in [0.3, 0.4) is 0 Å². The lowest BCUT2D eigenvalue weighted by Crippen LogP contribution is -2.17. The van der Waals surface area contributed by atoms with Gasteiger partial charge in [0.2, 0.25) is 0 Å². The largest absolute Gasteiger partial charge is 0.493 e. The normalized spacial score (nSPS) is 10.7. The Morgan fingerprint density at radius 1 is 1.17 bits per heavy atom. The second kappa shape index (κ2) is 9.23. The topological polar surface area (TPSA) is 79.1 Å². The van der Waals surface area contributed by atoms with Crippen molar-refractivity contribution in [3.05, 3.63) is 69.8 Å². The number of unbranched alkanes of at least 4 members (excludes halogenated alkanes) is 1. The average molecular weight is 396 g/mol. The summed E-state index contributed by atoms with van der Waals surface area (Å²) in [5, 5.41) is 0. The molecule has 0 amide bonds. The Morgan fingerprint density at radius 2 is 2.00 bits per heavy atom. The van der Waals surface area contributed by atoms with Crippen LogP contribution < -0.4 is 15.0 Å². The number of rotatable bonds is 8. The molecular weight excluding hydrogens is 372 g/mol. The summed E-state index contributed by atoms with van der Waals surface area (Å²) < 4.78 is 17.8. The zero-order chi connectivity index (χ0) is 20.8. The highest BCUT2D eigenvalue weighted by atomic mass is 16.5. The van der Waals surface area contributed by atoms with E-state index in [9.17, 15) is 9.59 Å². The predicted molar refractivity (Wildman–Crippen MR) is 109 cm³/mol. The SMILES string of the molecule is CCCCOc1ccc(C(=O)OCc2cc(=O)n3cccc(C)c3n2)cc1OC. The van der Waals surface area contributed by atoms with Crippen LogP contribution in [0.4, 0.5) is 0 Å². The van der Waals surface area contributed by atoms with Crippen molar-refractivity contribution < 1.29 is 19.0 Å². The lowest BCUT2D eigenvalue weighted by Gasteiger charge is -2.12. The molecule has 0 bridgehead atoms. The first-order valence-corrected chi connectivity index (χ1v) is 9.49. The van der Waals surface area contributed by atoms with Gasteiger partial charge in [-0.25, -0.2) is 9.78 Å². The van der Waals surface area contributed by atoms with E-state index in [1.165, 1.54) is 17.6 Å². The van der Waals surface area contributed by atoms with Crippen molar-refractivity contribution in [1.82, 2.24) is 9.38 Å². The molecular formula is C22H24N2O5. The number of benzene rings is 1. The summed E-state index contributed by atoms with van der Waals surface area (Å²) in [6.07, 6.45) is 3.62. The van der Waals surface area contributed by atoms with Gasteiger partial charge in [-0.2, -0.15) is 0 Å². The van der Waals surface area contributed by atoms with Crippen LogP contribution in [-0.2, 0) is 11.3 Å². The maximum Gasteiger partial charge on any atom is 0.338 e. The molecule has 0 aliphatic rings. The Morgan fingerprint density at radius 3 is 2.76 bits per heavy atom. The third-order valence-corrected chi connectivity index (χ3v) is 4.45. The number of methoxy groups -OCH3 is 1. The number of nitrogens with zero attached hydrogens (tertiary/aromatic N) is 2. The zero-order valence-electron chi connectivity index (χ0n) is 16.8. The van der Waals surface area contributed by atoms with Crippen LogP contribution >= 0.6 is 0 Å². The number of fused-ring (bicyclic) bond motifs is 1. The maximum atomic E-state index is 12.4. The summed E-state index contributed by atoms with van der Waals surface area (Å²) in [6.45, 7) is 4.43. The molecule has 152 valence electrons.